The summed E-state index contributed by atoms with van der Waals surface area (Å²) < 4.78 is 18.5. The molecule has 1 aromatic carbocycles. The Hall–Kier alpha value is -1.88. The van der Waals surface area contributed by atoms with Gasteiger partial charge in [0.25, 0.3) is 0 Å². The lowest BCUT2D eigenvalue weighted by Gasteiger charge is -2.11. The molecule has 0 aliphatic carbocycles. The molecule has 0 radical (unpaired) electrons. The van der Waals surface area contributed by atoms with Crippen molar-refractivity contribution in [3.63, 3.8) is 0 Å². The van der Waals surface area contributed by atoms with Crippen molar-refractivity contribution in [2.24, 2.45) is 0 Å². The van der Waals surface area contributed by atoms with Gasteiger partial charge in [0.2, 0.25) is 5.88 Å². The number of nitrogens with zero attached hydrogens (tertiary/aromatic N) is 2. The van der Waals surface area contributed by atoms with E-state index in [0.717, 1.165) is 11.1 Å². The molecule has 1 heterocycles. The summed E-state index contributed by atoms with van der Waals surface area (Å²) in [6.07, 6.45) is 1.44. The summed E-state index contributed by atoms with van der Waals surface area (Å²) in [4.78, 5) is 8.23. The maximum Gasteiger partial charge on any atom is 0.221 e. The molecule has 0 saturated carbocycles. The molecule has 0 aliphatic heterocycles. The van der Waals surface area contributed by atoms with E-state index in [1.807, 2.05) is 13.8 Å². The Kier molecular flexibility index (Phi) is 4.74. The van der Waals surface area contributed by atoms with E-state index >= 15 is 0 Å². The summed E-state index contributed by atoms with van der Waals surface area (Å²) in [6.45, 7) is 4.81. The maximum absolute atomic E-state index is 13.1. The van der Waals surface area contributed by atoms with E-state index in [-0.39, 0.29) is 5.02 Å². The van der Waals surface area contributed by atoms with Gasteiger partial charge in [0.1, 0.15) is 18.0 Å². The van der Waals surface area contributed by atoms with Crippen molar-refractivity contribution in [1.29, 1.82) is 0 Å². The second kappa shape index (κ2) is 6.52. The molecular weight excluding hydrogens is 281 g/mol. The van der Waals surface area contributed by atoms with E-state index in [1.165, 1.54) is 12.4 Å². The quantitative estimate of drug-likeness (QED) is 0.916. The lowest BCUT2D eigenvalue weighted by molar-refractivity contribution is 0.324. The van der Waals surface area contributed by atoms with E-state index in [4.69, 9.17) is 16.3 Å². The number of nitrogens with one attached hydrogen (secondary N) is 1. The number of aromatic nitrogens is 2. The number of anilines is 1. The highest BCUT2D eigenvalue weighted by Gasteiger charge is 2.08. The molecule has 4 nitrogen and oxygen atoms in total. The van der Waals surface area contributed by atoms with Gasteiger partial charge in [-0.1, -0.05) is 17.7 Å². The molecule has 0 fully saturated rings. The molecular formula is C14H15ClFN3O. The standard InChI is InChI=1S/C14H15ClFN3O/c1-3-20-14-9(2)13(18-8-19-14)17-7-10-4-5-12(16)11(15)6-10/h4-6,8H,3,7H2,1-2H3,(H,17,18,19). The van der Waals surface area contributed by atoms with Crippen LogP contribution in [0.4, 0.5) is 10.2 Å². The van der Waals surface area contributed by atoms with Crippen molar-refractivity contribution < 1.29 is 9.13 Å². The van der Waals surface area contributed by atoms with Crippen LogP contribution in [0.5, 0.6) is 5.88 Å². The summed E-state index contributed by atoms with van der Waals surface area (Å²) in [5, 5.41) is 3.27. The topological polar surface area (TPSA) is 47.0 Å². The fourth-order valence-corrected chi connectivity index (χ4v) is 1.93. The van der Waals surface area contributed by atoms with Gasteiger partial charge < -0.3 is 10.1 Å². The monoisotopic (exact) mass is 295 g/mol. The highest BCUT2D eigenvalue weighted by atomic mass is 35.5. The maximum atomic E-state index is 13.1. The lowest BCUT2D eigenvalue weighted by Crippen LogP contribution is -2.06. The SMILES string of the molecule is CCOc1ncnc(NCc2ccc(F)c(Cl)c2)c1C. The third-order valence-electron chi connectivity index (χ3n) is 2.76. The van der Waals surface area contributed by atoms with E-state index in [9.17, 15) is 4.39 Å². The van der Waals surface area contributed by atoms with Gasteiger partial charge in [-0.3, -0.25) is 0 Å². The zero-order chi connectivity index (χ0) is 14.5. The van der Waals surface area contributed by atoms with Crippen molar-refractivity contribution in [3.05, 3.63) is 46.5 Å². The average Bonchev–Trinajstić information content (AvgIpc) is 2.44. The Morgan fingerprint density at radius 2 is 2.15 bits per heavy atom. The molecule has 0 aliphatic rings. The summed E-state index contributed by atoms with van der Waals surface area (Å²) in [5.74, 6) is 0.818. The predicted molar refractivity (Wildman–Crippen MR) is 76.7 cm³/mol. The second-order valence-corrected chi connectivity index (χ2v) is 4.59. The van der Waals surface area contributed by atoms with Crippen molar-refractivity contribution in [2.75, 3.05) is 11.9 Å². The highest BCUT2D eigenvalue weighted by molar-refractivity contribution is 6.30. The Bertz CT molecular complexity index is 607. The zero-order valence-electron chi connectivity index (χ0n) is 11.3. The van der Waals surface area contributed by atoms with Crippen LogP contribution < -0.4 is 10.1 Å². The molecule has 20 heavy (non-hydrogen) atoms. The van der Waals surface area contributed by atoms with E-state index in [0.29, 0.717) is 24.8 Å². The van der Waals surface area contributed by atoms with E-state index in [2.05, 4.69) is 15.3 Å². The molecule has 2 aromatic rings. The largest absolute Gasteiger partial charge is 0.478 e. The van der Waals surface area contributed by atoms with Crippen LogP contribution in [-0.2, 0) is 6.54 Å². The summed E-state index contributed by atoms with van der Waals surface area (Å²) in [6, 6.07) is 4.61. The van der Waals surface area contributed by atoms with Crippen LogP contribution in [-0.4, -0.2) is 16.6 Å². The minimum absolute atomic E-state index is 0.110. The van der Waals surface area contributed by atoms with Gasteiger partial charge in [-0.2, -0.15) is 0 Å². The van der Waals surface area contributed by atoms with Crippen LogP contribution in [0.15, 0.2) is 24.5 Å². The second-order valence-electron chi connectivity index (χ2n) is 4.19. The van der Waals surface area contributed by atoms with Crippen molar-refractivity contribution in [1.82, 2.24) is 9.97 Å². The predicted octanol–water partition coefficient (Wildman–Crippen LogP) is 3.59. The summed E-state index contributed by atoms with van der Waals surface area (Å²) >= 11 is 5.74. The fraction of sp³-hybridized carbons (Fsp3) is 0.286. The summed E-state index contributed by atoms with van der Waals surface area (Å²) in [7, 11) is 0. The Labute approximate surface area is 122 Å². The first-order chi connectivity index (χ1) is 9.61. The fourth-order valence-electron chi connectivity index (χ4n) is 1.73. The van der Waals surface area contributed by atoms with Gasteiger partial charge in [-0.25, -0.2) is 14.4 Å². The average molecular weight is 296 g/mol. The summed E-state index contributed by atoms with van der Waals surface area (Å²) in [5.41, 5.74) is 1.70. The number of hydrogen-bond acceptors (Lipinski definition) is 4. The smallest absolute Gasteiger partial charge is 0.221 e. The van der Waals surface area contributed by atoms with Crippen molar-refractivity contribution >= 4 is 17.4 Å². The van der Waals surface area contributed by atoms with Gasteiger partial charge in [-0.15, -0.1) is 0 Å². The molecule has 6 heteroatoms. The lowest BCUT2D eigenvalue weighted by atomic mass is 10.2. The van der Waals surface area contributed by atoms with Crippen LogP contribution in [0.2, 0.25) is 5.02 Å². The van der Waals surface area contributed by atoms with E-state index in [1.54, 1.807) is 12.1 Å². The van der Waals surface area contributed by atoms with Crippen LogP contribution in [0.3, 0.4) is 0 Å². The third-order valence-corrected chi connectivity index (χ3v) is 3.05. The molecule has 1 N–H and O–H groups in total. The molecule has 0 atom stereocenters. The molecule has 0 unspecified atom stereocenters. The molecule has 106 valence electrons. The van der Waals surface area contributed by atoms with Gasteiger partial charge in [0, 0.05) is 6.54 Å². The third kappa shape index (κ3) is 3.36. The molecule has 2 rings (SSSR count). The first-order valence-electron chi connectivity index (χ1n) is 6.24. The molecule has 0 spiro atoms. The Morgan fingerprint density at radius 3 is 2.85 bits per heavy atom. The number of ether oxygens (including phenoxy) is 1. The zero-order valence-corrected chi connectivity index (χ0v) is 12.0. The number of rotatable bonds is 5. The van der Waals surface area contributed by atoms with Crippen LogP contribution in [0.25, 0.3) is 0 Å². The van der Waals surface area contributed by atoms with Crippen LogP contribution in [0, 0.1) is 12.7 Å². The number of halogens is 2. The van der Waals surface area contributed by atoms with Gasteiger partial charge >= 0.3 is 0 Å². The first-order valence-corrected chi connectivity index (χ1v) is 6.61. The minimum atomic E-state index is -0.424. The first kappa shape index (κ1) is 14.5. The van der Waals surface area contributed by atoms with E-state index < -0.39 is 5.82 Å². The molecule has 1 aromatic heterocycles. The highest BCUT2D eigenvalue weighted by Crippen LogP contribution is 2.21. The van der Waals surface area contributed by atoms with Crippen molar-refractivity contribution in [2.45, 2.75) is 20.4 Å². The van der Waals surface area contributed by atoms with Crippen LogP contribution >= 0.6 is 11.6 Å². The Balaban J connectivity index is 2.10. The van der Waals surface area contributed by atoms with Gasteiger partial charge in [-0.05, 0) is 31.5 Å². The molecule has 0 amide bonds. The molecule has 0 bridgehead atoms. The van der Waals surface area contributed by atoms with Crippen molar-refractivity contribution in [3.8, 4) is 5.88 Å². The normalized spacial score (nSPS) is 10.4. The minimum Gasteiger partial charge on any atom is -0.478 e. The Morgan fingerprint density at radius 1 is 1.35 bits per heavy atom. The molecule has 0 saturated heterocycles. The number of hydrogen-bond donors (Lipinski definition) is 1. The van der Waals surface area contributed by atoms with Crippen LogP contribution in [0.1, 0.15) is 18.1 Å². The van der Waals surface area contributed by atoms with Gasteiger partial charge in [0.05, 0.1) is 17.2 Å². The number of benzene rings is 1. The van der Waals surface area contributed by atoms with Gasteiger partial charge in [0.15, 0.2) is 0 Å².